The fourth-order valence-corrected chi connectivity index (χ4v) is 3.78. The van der Waals surface area contributed by atoms with Gasteiger partial charge in [-0.1, -0.05) is 12.5 Å². The van der Waals surface area contributed by atoms with Crippen LogP contribution in [0.15, 0.2) is 42.5 Å². The van der Waals surface area contributed by atoms with Crippen molar-refractivity contribution in [1.29, 1.82) is 0 Å². The number of fused-ring (bicyclic) bond motifs is 1. The number of hydrogen-bond acceptors (Lipinski definition) is 5. The monoisotopic (exact) mass is 395 g/mol. The molecular weight excluding hydrogens is 370 g/mol. The maximum Gasteiger partial charge on any atom is 0.251 e. The molecule has 0 aromatic heterocycles. The number of anilines is 1. The third kappa shape index (κ3) is 4.16. The molecule has 6 nitrogen and oxygen atoms in total. The van der Waals surface area contributed by atoms with Crippen molar-refractivity contribution in [3.05, 3.63) is 48.0 Å². The highest BCUT2D eigenvalue weighted by molar-refractivity contribution is 6.02. The Morgan fingerprint density at radius 1 is 0.966 bits per heavy atom. The zero-order chi connectivity index (χ0) is 20.3. The maximum atomic E-state index is 12.3. The summed E-state index contributed by atoms with van der Waals surface area (Å²) >= 11 is 0. The van der Waals surface area contributed by atoms with E-state index in [9.17, 15) is 4.79 Å². The van der Waals surface area contributed by atoms with Crippen LogP contribution in [0.3, 0.4) is 0 Å². The highest BCUT2D eigenvalue weighted by Gasteiger charge is 2.42. The van der Waals surface area contributed by atoms with E-state index < -0.39 is 5.79 Å². The molecule has 1 spiro atoms. The zero-order valence-electron chi connectivity index (χ0n) is 16.7. The fraction of sp³-hybridized carbons (Fsp3) is 0.348. The summed E-state index contributed by atoms with van der Waals surface area (Å²) in [4.78, 5) is 12.3. The Morgan fingerprint density at radius 2 is 1.72 bits per heavy atom. The summed E-state index contributed by atoms with van der Waals surface area (Å²) in [5.41, 5.74) is 1.50. The van der Waals surface area contributed by atoms with E-state index in [1.54, 1.807) is 26.4 Å². The molecule has 2 aromatic rings. The van der Waals surface area contributed by atoms with Gasteiger partial charge in [0.05, 0.1) is 14.2 Å². The second-order valence-electron chi connectivity index (χ2n) is 7.27. The molecule has 152 valence electrons. The average Bonchev–Trinajstić information content (AvgIpc) is 3.08. The molecule has 29 heavy (non-hydrogen) atoms. The predicted molar refractivity (Wildman–Crippen MR) is 111 cm³/mol. The first-order chi connectivity index (χ1) is 14.1. The summed E-state index contributed by atoms with van der Waals surface area (Å²) in [6, 6.07) is 11.0. The molecule has 1 fully saturated rings. The van der Waals surface area contributed by atoms with Gasteiger partial charge in [-0.3, -0.25) is 4.79 Å². The molecule has 0 unspecified atom stereocenters. The van der Waals surface area contributed by atoms with Gasteiger partial charge >= 0.3 is 0 Å². The molecule has 1 amide bonds. The molecule has 1 heterocycles. The van der Waals surface area contributed by atoms with Crippen LogP contribution < -0.4 is 24.3 Å². The maximum absolute atomic E-state index is 12.3. The minimum atomic E-state index is -0.517. The van der Waals surface area contributed by atoms with Gasteiger partial charge in [0.2, 0.25) is 5.91 Å². The van der Waals surface area contributed by atoms with Crippen LogP contribution >= 0.6 is 0 Å². The van der Waals surface area contributed by atoms with Gasteiger partial charge in [0.25, 0.3) is 5.79 Å². The molecule has 0 atom stereocenters. The van der Waals surface area contributed by atoms with Crippen molar-refractivity contribution in [2.45, 2.75) is 37.9 Å². The molecule has 6 heteroatoms. The molecule has 1 N–H and O–H groups in total. The lowest BCUT2D eigenvalue weighted by molar-refractivity contribution is -0.111. The number of benzene rings is 2. The molecule has 0 bridgehead atoms. The highest BCUT2D eigenvalue weighted by Crippen LogP contribution is 2.46. The standard InChI is InChI=1S/C23H25NO5/c1-26-18-9-6-16(14-20(18)27-2)7-11-22(25)24-17-8-10-19-21(15-17)29-23(28-19)12-4-3-5-13-23/h6-11,14-15H,3-5,12-13H2,1-2H3,(H,24,25)/b11-7+. The molecule has 1 saturated carbocycles. The normalized spacial score (nSPS) is 16.8. The smallest absolute Gasteiger partial charge is 0.251 e. The van der Waals surface area contributed by atoms with Gasteiger partial charge in [0.1, 0.15) is 0 Å². The van der Waals surface area contributed by atoms with Crippen LogP contribution in [0.5, 0.6) is 23.0 Å². The summed E-state index contributed by atoms with van der Waals surface area (Å²) in [5.74, 6) is 1.94. The van der Waals surface area contributed by atoms with Gasteiger partial charge in [-0.25, -0.2) is 0 Å². The van der Waals surface area contributed by atoms with Crippen molar-refractivity contribution in [3.63, 3.8) is 0 Å². The van der Waals surface area contributed by atoms with Crippen molar-refractivity contribution in [1.82, 2.24) is 0 Å². The van der Waals surface area contributed by atoms with Crippen molar-refractivity contribution in [2.24, 2.45) is 0 Å². The van der Waals surface area contributed by atoms with E-state index in [2.05, 4.69) is 5.32 Å². The Balaban J connectivity index is 1.41. The number of hydrogen-bond donors (Lipinski definition) is 1. The molecule has 0 saturated heterocycles. The van der Waals surface area contributed by atoms with Gasteiger partial charge in [-0.05, 0) is 48.7 Å². The van der Waals surface area contributed by atoms with Crippen LogP contribution in [0.4, 0.5) is 5.69 Å². The minimum absolute atomic E-state index is 0.231. The van der Waals surface area contributed by atoms with Crippen molar-refractivity contribution in [2.75, 3.05) is 19.5 Å². The number of rotatable bonds is 5. The topological polar surface area (TPSA) is 66.0 Å². The number of carbonyl (C=O) groups excluding carboxylic acids is 1. The van der Waals surface area contributed by atoms with Gasteiger partial charge in [0.15, 0.2) is 23.0 Å². The molecular formula is C23H25NO5. The largest absolute Gasteiger partial charge is 0.493 e. The second-order valence-corrected chi connectivity index (χ2v) is 7.27. The van der Waals surface area contributed by atoms with Gasteiger partial charge in [-0.2, -0.15) is 0 Å². The van der Waals surface area contributed by atoms with Crippen molar-refractivity contribution < 1.29 is 23.7 Å². The lowest BCUT2D eigenvalue weighted by Crippen LogP contribution is -2.40. The van der Waals surface area contributed by atoms with E-state index in [-0.39, 0.29) is 5.91 Å². The van der Waals surface area contributed by atoms with E-state index in [1.165, 1.54) is 12.5 Å². The van der Waals surface area contributed by atoms with Gasteiger partial charge in [-0.15, -0.1) is 0 Å². The van der Waals surface area contributed by atoms with E-state index in [4.69, 9.17) is 18.9 Å². The quantitative estimate of drug-likeness (QED) is 0.738. The summed E-state index contributed by atoms with van der Waals surface area (Å²) in [5, 5.41) is 2.87. The van der Waals surface area contributed by atoms with Crippen LogP contribution in [0.25, 0.3) is 6.08 Å². The van der Waals surface area contributed by atoms with Crippen LogP contribution in [0, 0.1) is 0 Å². The summed E-state index contributed by atoms with van der Waals surface area (Å²) in [7, 11) is 3.16. The van der Waals surface area contributed by atoms with Gasteiger partial charge < -0.3 is 24.3 Å². The van der Waals surface area contributed by atoms with E-state index in [0.717, 1.165) is 37.0 Å². The first-order valence-electron chi connectivity index (χ1n) is 9.84. The molecule has 0 radical (unpaired) electrons. The Hall–Kier alpha value is -3.15. The highest BCUT2D eigenvalue weighted by atomic mass is 16.7. The molecule has 4 rings (SSSR count). The summed E-state index contributed by atoms with van der Waals surface area (Å²) in [6.45, 7) is 0. The van der Waals surface area contributed by atoms with Crippen molar-refractivity contribution in [3.8, 4) is 23.0 Å². The predicted octanol–water partition coefficient (Wildman–Crippen LogP) is 4.79. The van der Waals surface area contributed by atoms with E-state index >= 15 is 0 Å². The van der Waals surface area contributed by atoms with Crippen LogP contribution in [-0.4, -0.2) is 25.9 Å². The number of ether oxygens (including phenoxy) is 4. The summed E-state index contributed by atoms with van der Waals surface area (Å²) < 4.78 is 22.7. The van der Waals surface area contributed by atoms with Crippen LogP contribution in [0.2, 0.25) is 0 Å². The third-order valence-corrected chi connectivity index (χ3v) is 5.25. The lowest BCUT2D eigenvalue weighted by atomic mass is 9.94. The minimum Gasteiger partial charge on any atom is -0.493 e. The first kappa shape index (κ1) is 19.2. The third-order valence-electron chi connectivity index (χ3n) is 5.25. The number of methoxy groups -OCH3 is 2. The Kier molecular flexibility index (Phi) is 5.34. The molecule has 2 aliphatic rings. The Morgan fingerprint density at radius 3 is 2.48 bits per heavy atom. The van der Waals surface area contributed by atoms with E-state index in [1.807, 2.05) is 30.3 Å². The molecule has 2 aromatic carbocycles. The SMILES string of the molecule is COc1ccc(/C=C/C(=O)Nc2ccc3c(c2)OC2(CCCCC2)O3)cc1OC. The second kappa shape index (κ2) is 8.07. The van der Waals surface area contributed by atoms with Gasteiger partial charge in [0, 0.05) is 30.7 Å². The summed E-state index contributed by atoms with van der Waals surface area (Å²) in [6.07, 6.45) is 8.44. The molecule has 1 aliphatic carbocycles. The van der Waals surface area contributed by atoms with E-state index in [0.29, 0.717) is 22.9 Å². The van der Waals surface area contributed by atoms with Crippen molar-refractivity contribution >= 4 is 17.7 Å². The fourth-order valence-electron chi connectivity index (χ4n) is 3.78. The van der Waals surface area contributed by atoms with Crippen LogP contribution in [-0.2, 0) is 4.79 Å². The molecule has 1 aliphatic heterocycles. The number of nitrogens with one attached hydrogen (secondary N) is 1. The Labute approximate surface area is 170 Å². The van der Waals surface area contributed by atoms with Crippen LogP contribution in [0.1, 0.15) is 37.7 Å². The first-order valence-corrected chi connectivity index (χ1v) is 9.84. The number of amides is 1. The Bertz CT molecular complexity index is 931. The lowest BCUT2D eigenvalue weighted by Gasteiger charge is -2.31. The average molecular weight is 395 g/mol. The number of carbonyl (C=O) groups is 1. The zero-order valence-corrected chi connectivity index (χ0v) is 16.7.